The zero-order chi connectivity index (χ0) is 22.9. The first kappa shape index (κ1) is 23.6. The molecule has 0 aromatic heterocycles. The zero-order valence-electron chi connectivity index (χ0n) is 18.2. The summed E-state index contributed by atoms with van der Waals surface area (Å²) >= 11 is 6.10. The van der Waals surface area contributed by atoms with Crippen molar-refractivity contribution in [3.05, 3.63) is 101 Å². The molecule has 0 aliphatic carbocycles. The van der Waals surface area contributed by atoms with Crippen LogP contribution in [0.15, 0.2) is 83.9 Å². The topological polar surface area (TPSA) is 83.7 Å². The number of aliphatic imine (C=N–C) groups is 1. The van der Waals surface area contributed by atoms with Crippen LogP contribution in [0, 0.1) is 5.41 Å². The van der Waals surface area contributed by atoms with Crippen molar-refractivity contribution in [3.63, 3.8) is 0 Å². The molecular formula is C25H28ClN5O. The maximum absolute atomic E-state index is 10.4. The van der Waals surface area contributed by atoms with E-state index in [9.17, 15) is 5.11 Å². The number of rotatable bonds is 9. The van der Waals surface area contributed by atoms with Gasteiger partial charge in [-0.05, 0) is 30.7 Å². The summed E-state index contributed by atoms with van der Waals surface area (Å²) in [5, 5.41) is 24.1. The highest BCUT2D eigenvalue weighted by molar-refractivity contribution is 6.30. The molecule has 3 aromatic carbocycles. The molecule has 3 aromatic rings. The number of benzene rings is 3. The highest BCUT2D eigenvalue weighted by Crippen LogP contribution is 2.24. The van der Waals surface area contributed by atoms with Gasteiger partial charge in [-0.1, -0.05) is 72.3 Å². The van der Waals surface area contributed by atoms with E-state index in [-0.39, 0.29) is 0 Å². The second-order valence-corrected chi connectivity index (χ2v) is 7.65. The van der Waals surface area contributed by atoms with Gasteiger partial charge in [0, 0.05) is 29.7 Å². The van der Waals surface area contributed by atoms with Crippen LogP contribution in [-0.4, -0.2) is 36.9 Å². The second kappa shape index (κ2) is 11.5. The summed E-state index contributed by atoms with van der Waals surface area (Å²) in [4.78, 5) is 4.82. The quantitative estimate of drug-likeness (QED) is 0.169. The van der Waals surface area contributed by atoms with Crippen molar-refractivity contribution in [2.45, 2.75) is 13.0 Å². The monoisotopic (exact) mass is 449 g/mol. The van der Waals surface area contributed by atoms with Crippen molar-refractivity contribution >= 4 is 28.8 Å². The fourth-order valence-electron chi connectivity index (χ4n) is 3.41. The van der Waals surface area contributed by atoms with Gasteiger partial charge in [0.15, 0.2) is 0 Å². The Morgan fingerprint density at radius 2 is 1.69 bits per heavy atom. The lowest BCUT2D eigenvalue weighted by Crippen LogP contribution is -2.39. The van der Waals surface area contributed by atoms with E-state index in [1.165, 1.54) is 0 Å². The van der Waals surface area contributed by atoms with Gasteiger partial charge < -0.3 is 5.11 Å². The number of para-hydroxylation sites is 1. The molecule has 0 saturated carbocycles. The molecule has 4 N–H and O–H groups in total. The molecule has 166 valence electrons. The zero-order valence-corrected chi connectivity index (χ0v) is 19.0. The summed E-state index contributed by atoms with van der Waals surface area (Å²) in [7, 11) is 1.78. The number of hydrogen-bond donors (Lipinski definition) is 4. The average molecular weight is 450 g/mol. The third kappa shape index (κ3) is 6.02. The number of aliphatic hydroxyl groups excluding tert-OH is 1. The van der Waals surface area contributed by atoms with E-state index in [1.807, 2.05) is 78.9 Å². The molecule has 7 heteroatoms. The number of hydrogen-bond acceptors (Lipinski definition) is 5. The molecule has 3 rings (SSSR count). The summed E-state index contributed by atoms with van der Waals surface area (Å²) < 4.78 is 0. The van der Waals surface area contributed by atoms with Crippen LogP contribution in [0.1, 0.15) is 29.7 Å². The number of anilines is 1. The first-order valence-corrected chi connectivity index (χ1v) is 10.7. The molecule has 0 radical (unpaired) electrons. The van der Waals surface area contributed by atoms with Crippen LogP contribution in [0.3, 0.4) is 0 Å². The summed E-state index contributed by atoms with van der Waals surface area (Å²) in [6.45, 7) is 2.42. The maximum Gasteiger partial charge on any atom is 0.112 e. The minimum Gasteiger partial charge on any atom is -0.387 e. The van der Waals surface area contributed by atoms with Crippen LogP contribution < -0.4 is 15.8 Å². The van der Waals surface area contributed by atoms with Crippen molar-refractivity contribution in [1.29, 1.82) is 5.41 Å². The van der Waals surface area contributed by atoms with E-state index >= 15 is 0 Å². The summed E-state index contributed by atoms with van der Waals surface area (Å²) in [5.41, 5.74) is 7.29. The lowest BCUT2D eigenvalue weighted by molar-refractivity contribution is 0.175. The smallest absolute Gasteiger partial charge is 0.112 e. The standard InChI is InChI=1S/C25H28ClN5O/c1-18(27)31(28-2)23-11-7-6-10-22(23)25(20-12-14-21(26)15-13-20)30-17-29-16-24(32)19-8-4-3-5-9-19/h3-15,24,27-29,32H,16-17H2,1-2H3. The average Bonchev–Trinajstić information content (AvgIpc) is 2.81. The molecule has 0 heterocycles. The van der Waals surface area contributed by atoms with E-state index in [2.05, 4.69) is 10.7 Å². The molecule has 0 amide bonds. The normalized spacial score (nSPS) is 12.4. The first-order valence-electron chi connectivity index (χ1n) is 10.4. The first-order chi connectivity index (χ1) is 15.5. The molecule has 0 spiro atoms. The van der Waals surface area contributed by atoms with Gasteiger partial charge in [-0.25, -0.2) is 5.43 Å². The van der Waals surface area contributed by atoms with Gasteiger partial charge in [0.1, 0.15) is 5.84 Å². The number of aliphatic hydroxyl groups is 1. The molecular weight excluding hydrogens is 422 g/mol. The Balaban J connectivity index is 1.89. The molecule has 6 nitrogen and oxygen atoms in total. The van der Waals surface area contributed by atoms with E-state index in [0.717, 1.165) is 28.1 Å². The lowest BCUT2D eigenvalue weighted by Gasteiger charge is -2.25. The van der Waals surface area contributed by atoms with Crippen LogP contribution in [0.5, 0.6) is 0 Å². The SMILES string of the molecule is CNN(C(C)=N)c1ccccc1C(=NCNCC(O)c1ccccc1)c1ccc(Cl)cc1. The van der Waals surface area contributed by atoms with Gasteiger partial charge in [-0.3, -0.25) is 20.7 Å². The van der Waals surface area contributed by atoms with Crippen molar-refractivity contribution in [1.82, 2.24) is 10.7 Å². The van der Waals surface area contributed by atoms with Crippen LogP contribution >= 0.6 is 11.6 Å². The predicted octanol–water partition coefficient (Wildman–Crippen LogP) is 4.40. The van der Waals surface area contributed by atoms with Crippen LogP contribution in [-0.2, 0) is 0 Å². The largest absolute Gasteiger partial charge is 0.387 e. The Bertz CT molecular complexity index is 1050. The van der Waals surface area contributed by atoms with Gasteiger partial charge in [-0.15, -0.1) is 0 Å². The van der Waals surface area contributed by atoms with Crippen molar-refractivity contribution in [2.75, 3.05) is 25.3 Å². The van der Waals surface area contributed by atoms with Crippen molar-refractivity contribution in [3.8, 4) is 0 Å². The molecule has 1 unspecified atom stereocenters. The van der Waals surface area contributed by atoms with E-state index < -0.39 is 6.10 Å². The molecule has 32 heavy (non-hydrogen) atoms. The number of nitrogens with zero attached hydrogens (tertiary/aromatic N) is 2. The number of nitrogens with one attached hydrogen (secondary N) is 3. The van der Waals surface area contributed by atoms with Crippen LogP contribution in [0.25, 0.3) is 0 Å². The molecule has 1 atom stereocenters. The molecule has 0 bridgehead atoms. The maximum atomic E-state index is 10.4. The third-order valence-corrected chi connectivity index (χ3v) is 5.20. The van der Waals surface area contributed by atoms with E-state index in [1.54, 1.807) is 19.0 Å². The van der Waals surface area contributed by atoms with Gasteiger partial charge in [-0.2, -0.15) is 0 Å². The second-order valence-electron chi connectivity index (χ2n) is 7.21. The highest BCUT2D eigenvalue weighted by Gasteiger charge is 2.17. The third-order valence-electron chi connectivity index (χ3n) is 4.95. The Labute approximate surface area is 194 Å². The molecule has 0 aliphatic heterocycles. The van der Waals surface area contributed by atoms with Crippen LogP contribution in [0.2, 0.25) is 5.02 Å². The van der Waals surface area contributed by atoms with Gasteiger partial charge >= 0.3 is 0 Å². The lowest BCUT2D eigenvalue weighted by atomic mass is 10.00. The van der Waals surface area contributed by atoms with Crippen molar-refractivity contribution < 1.29 is 5.11 Å². The minimum absolute atomic E-state index is 0.319. The Kier molecular flexibility index (Phi) is 8.53. The van der Waals surface area contributed by atoms with Crippen LogP contribution in [0.4, 0.5) is 5.69 Å². The fraction of sp³-hybridized carbons (Fsp3) is 0.200. The highest BCUT2D eigenvalue weighted by atomic mass is 35.5. The summed E-state index contributed by atoms with van der Waals surface area (Å²) in [5.74, 6) is 0.361. The van der Waals surface area contributed by atoms with Gasteiger partial charge in [0.05, 0.1) is 24.2 Å². The van der Waals surface area contributed by atoms with E-state index in [4.69, 9.17) is 22.0 Å². The summed E-state index contributed by atoms with van der Waals surface area (Å²) in [6.07, 6.45) is -0.613. The number of halogens is 1. The molecule has 0 fully saturated rings. The van der Waals surface area contributed by atoms with Gasteiger partial charge in [0.2, 0.25) is 0 Å². The minimum atomic E-state index is -0.613. The Morgan fingerprint density at radius 3 is 2.34 bits per heavy atom. The van der Waals surface area contributed by atoms with Crippen molar-refractivity contribution in [2.24, 2.45) is 4.99 Å². The van der Waals surface area contributed by atoms with Gasteiger partial charge in [0.25, 0.3) is 0 Å². The molecule has 0 aliphatic rings. The summed E-state index contributed by atoms with van der Waals surface area (Å²) in [6, 6.07) is 24.9. The Hall–Kier alpha value is -3.03. The fourth-order valence-corrected chi connectivity index (χ4v) is 3.53. The number of amidine groups is 1. The number of hydrazine groups is 1. The Morgan fingerprint density at radius 1 is 1.03 bits per heavy atom. The molecule has 0 saturated heterocycles. The van der Waals surface area contributed by atoms with E-state index in [0.29, 0.717) is 24.1 Å². The predicted molar refractivity (Wildman–Crippen MR) is 133 cm³/mol.